The first-order valence-electron chi connectivity index (χ1n) is 6.03. The standard InChI is InChI=1S/C14H18N2O/c1-3-12-10-16(9-8-15-11(2)17)14-7-5-4-6-13(12)14/h4-7,10H,3,8-9H2,1-2H3,(H,15,17). The highest BCUT2D eigenvalue weighted by molar-refractivity contribution is 5.84. The third-order valence-corrected chi connectivity index (χ3v) is 2.98. The summed E-state index contributed by atoms with van der Waals surface area (Å²) in [7, 11) is 0. The molecule has 0 unspecified atom stereocenters. The first kappa shape index (κ1) is 11.7. The van der Waals surface area contributed by atoms with Gasteiger partial charge in [-0.15, -0.1) is 0 Å². The van der Waals surface area contributed by atoms with Gasteiger partial charge in [-0.1, -0.05) is 25.1 Å². The number of rotatable bonds is 4. The summed E-state index contributed by atoms with van der Waals surface area (Å²) in [5.41, 5.74) is 2.61. The predicted molar refractivity (Wildman–Crippen MR) is 70.0 cm³/mol. The van der Waals surface area contributed by atoms with E-state index in [0.717, 1.165) is 13.0 Å². The van der Waals surface area contributed by atoms with Crippen molar-refractivity contribution in [3.8, 4) is 0 Å². The van der Waals surface area contributed by atoms with E-state index >= 15 is 0 Å². The molecule has 0 aliphatic heterocycles. The molecule has 1 aromatic carbocycles. The number of fused-ring (bicyclic) bond motifs is 1. The topological polar surface area (TPSA) is 34.0 Å². The number of nitrogens with zero attached hydrogens (tertiary/aromatic N) is 1. The molecule has 1 aromatic heterocycles. The van der Waals surface area contributed by atoms with Crippen molar-refractivity contribution in [3.63, 3.8) is 0 Å². The molecule has 0 spiro atoms. The molecular weight excluding hydrogens is 212 g/mol. The van der Waals surface area contributed by atoms with Crippen LogP contribution in [0.3, 0.4) is 0 Å². The third-order valence-electron chi connectivity index (χ3n) is 2.98. The minimum atomic E-state index is 0.0252. The smallest absolute Gasteiger partial charge is 0.216 e. The summed E-state index contributed by atoms with van der Waals surface area (Å²) in [5.74, 6) is 0.0252. The SMILES string of the molecule is CCc1cn(CCNC(C)=O)c2ccccc12. The van der Waals surface area contributed by atoms with Gasteiger partial charge < -0.3 is 9.88 Å². The Hall–Kier alpha value is -1.77. The molecule has 1 amide bonds. The van der Waals surface area contributed by atoms with Crippen LogP contribution in [-0.4, -0.2) is 17.0 Å². The molecule has 0 bridgehead atoms. The van der Waals surface area contributed by atoms with Crippen molar-refractivity contribution in [2.75, 3.05) is 6.54 Å². The van der Waals surface area contributed by atoms with Crippen LogP contribution < -0.4 is 5.32 Å². The average molecular weight is 230 g/mol. The van der Waals surface area contributed by atoms with Crippen molar-refractivity contribution in [1.29, 1.82) is 0 Å². The van der Waals surface area contributed by atoms with Gasteiger partial charge in [-0.05, 0) is 18.1 Å². The van der Waals surface area contributed by atoms with Crippen LogP contribution >= 0.6 is 0 Å². The van der Waals surface area contributed by atoms with Crippen LogP contribution in [0.25, 0.3) is 10.9 Å². The number of hydrogen-bond donors (Lipinski definition) is 1. The van der Waals surface area contributed by atoms with Gasteiger partial charge in [-0.25, -0.2) is 0 Å². The number of carbonyl (C=O) groups excluding carboxylic acids is 1. The van der Waals surface area contributed by atoms with E-state index in [1.165, 1.54) is 16.5 Å². The fraction of sp³-hybridized carbons (Fsp3) is 0.357. The van der Waals surface area contributed by atoms with E-state index in [1.54, 1.807) is 6.92 Å². The summed E-state index contributed by atoms with van der Waals surface area (Å²) in [6.45, 7) is 5.21. The van der Waals surface area contributed by atoms with Crippen molar-refractivity contribution in [1.82, 2.24) is 9.88 Å². The summed E-state index contributed by atoms with van der Waals surface area (Å²) >= 11 is 0. The van der Waals surface area contributed by atoms with Gasteiger partial charge in [0.25, 0.3) is 0 Å². The lowest BCUT2D eigenvalue weighted by Gasteiger charge is -2.05. The summed E-state index contributed by atoms with van der Waals surface area (Å²) in [6.07, 6.45) is 3.22. The maximum atomic E-state index is 10.8. The molecule has 17 heavy (non-hydrogen) atoms. The molecule has 0 aliphatic rings. The number of nitrogens with one attached hydrogen (secondary N) is 1. The van der Waals surface area contributed by atoms with E-state index in [0.29, 0.717) is 6.54 Å². The Morgan fingerprint density at radius 3 is 2.82 bits per heavy atom. The Balaban J connectivity index is 2.24. The number of benzene rings is 1. The number of aryl methyl sites for hydroxylation is 1. The van der Waals surface area contributed by atoms with E-state index < -0.39 is 0 Å². The number of carbonyl (C=O) groups is 1. The molecule has 0 saturated carbocycles. The van der Waals surface area contributed by atoms with Gasteiger partial charge in [0, 0.05) is 37.1 Å². The predicted octanol–water partition coefficient (Wildman–Crippen LogP) is 2.34. The molecule has 1 heterocycles. The molecule has 2 rings (SSSR count). The number of amides is 1. The third kappa shape index (κ3) is 2.49. The normalized spacial score (nSPS) is 10.7. The molecule has 0 radical (unpaired) electrons. The molecule has 3 nitrogen and oxygen atoms in total. The lowest BCUT2D eigenvalue weighted by Crippen LogP contribution is -2.24. The summed E-state index contributed by atoms with van der Waals surface area (Å²) < 4.78 is 2.21. The van der Waals surface area contributed by atoms with E-state index in [1.807, 2.05) is 0 Å². The molecule has 90 valence electrons. The van der Waals surface area contributed by atoms with Crippen molar-refractivity contribution in [3.05, 3.63) is 36.0 Å². The van der Waals surface area contributed by atoms with Gasteiger partial charge in [0.2, 0.25) is 5.91 Å². The van der Waals surface area contributed by atoms with E-state index in [4.69, 9.17) is 0 Å². The highest BCUT2D eigenvalue weighted by atomic mass is 16.1. The summed E-state index contributed by atoms with van der Waals surface area (Å²) in [6, 6.07) is 8.40. The Labute approximate surface area is 101 Å². The quantitative estimate of drug-likeness (QED) is 0.859. The van der Waals surface area contributed by atoms with Gasteiger partial charge in [-0.2, -0.15) is 0 Å². The Kier molecular flexibility index (Phi) is 3.47. The maximum absolute atomic E-state index is 10.8. The lowest BCUT2D eigenvalue weighted by atomic mass is 10.1. The molecular formula is C14H18N2O. The number of para-hydroxylation sites is 1. The zero-order chi connectivity index (χ0) is 12.3. The molecule has 0 atom stereocenters. The average Bonchev–Trinajstić information content (AvgIpc) is 2.68. The van der Waals surface area contributed by atoms with Crippen molar-refractivity contribution in [2.45, 2.75) is 26.8 Å². The van der Waals surface area contributed by atoms with Crippen LogP contribution in [0.15, 0.2) is 30.5 Å². The fourth-order valence-electron chi connectivity index (χ4n) is 2.14. The Bertz CT molecular complexity index is 528. The van der Waals surface area contributed by atoms with Crippen LogP contribution in [0.5, 0.6) is 0 Å². The van der Waals surface area contributed by atoms with E-state index in [9.17, 15) is 4.79 Å². The van der Waals surface area contributed by atoms with E-state index in [2.05, 4.69) is 47.3 Å². The second-order valence-electron chi connectivity index (χ2n) is 4.20. The summed E-state index contributed by atoms with van der Waals surface area (Å²) in [4.78, 5) is 10.8. The van der Waals surface area contributed by atoms with Gasteiger partial charge >= 0.3 is 0 Å². The fourth-order valence-corrected chi connectivity index (χ4v) is 2.14. The molecule has 2 aromatic rings. The van der Waals surface area contributed by atoms with Crippen LogP contribution in [0.2, 0.25) is 0 Å². The zero-order valence-corrected chi connectivity index (χ0v) is 10.4. The van der Waals surface area contributed by atoms with Crippen LogP contribution in [0.1, 0.15) is 19.4 Å². The largest absolute Gasteiger partial charge is 0.355 e. The second-order valence-corrected chi connectivity index (χ2v) is 4.20. The number of aromatic nitrogens is 1. The van der Waals surface area contributed by atoms with Crippen LogP contribution in [-0.2, 0) is 17.8 Å². The van der Waals surface area contributed by atoms with Gasteiger partial charge in [0.1, 0.15) is 0 Å². The molecule has 0 aliphatic carbocycles. The second kappa shape index (κ2) is 5.04. The van der Waals surface area contributed by atoms with Crippen molar-refractivity contribution in [2.24, 2.45) is 0 Å². The zero-order valence-electron chi connectivity index (χ0n) is 10.4. The number of hydrogen-bond acceptors (Lipinski definition) is 1. The van der Waals surface area contributed by atoms with Crippen LogP contribution in [0, 0.1) is 0 Å². The van der Waals surface area contributed by atoms with Gasteiger partial charge in [0.15, 0.2) is 0 Å². The minimum absolute atomic E-state index is 0.0252. The van der Waals surface area contributed by atoms with Crippen molar-refractivity contribution < 1.29 is 4.79 Å². The first-order valence-corrected chi connectivity index (χ1v) is 6.03. The molecule has 0 fully saturated rings. The summed E-state index contributed by atoms with van der Waals surface area (Å²) in [5, 5.41) is 4.14. The van der Waals surface area contributed by atoms with Crippen molar-refractivity contribution >= 4 is 16.8 Å². The highest BCUT2D eigenvalue weighted by Crippen LogP contribution is 2.21. The maximum Gasteiger partial charge on any atom is 0.216 e. The van der Waals surface area contributed by atoms with E-state index in [-0.39, 0.29) is 5.91 Å². The van der Waals surface area contributed by atoms with Crippen LogP contribution in [0.4, 0.5) is 0 Å². The monoisotopic (exact) mass is 230 g/mol. The highest BCUT2D eigenvalue weighted by Gasteiger charge is 2.05. The Morgan fingerprint density at radius 2 is 2.12 bits per heavy atom. The minimum Gasteiger partial charge on any atom is -0.355 e. The van der Waals surface area contributed by atoms with Gasteiger partial charge in [-0.3, -0.25) is 4.79 Å². The molecule has 0 saturated heterocycles. The Morgan fingerprint density at radius 1 is 1.35 bits per heavy atom. The first-order chi connectivity index (χ1) is 8.22. The molecule has 3 heteroatoms. The molecule has 1 N–H and O–H groups in total. The van der Waals surface area contributed by atoms with Gasteiger partial charge in [0.05, 0.1) is 0 Å². The lowest BCUT2D eigenvalue weighted by molar-refractivity contribution is -0.118.